The molecule has 0 aromatic heterocycles. The Morgan fingerprint density at radius 2 is 2.29 bits per heavy atom. The molecular formula is C13H16FNO2. The molecule has 0 spiro atoms. The van der Waals surface area contributed by atoms with Crippen molar-refractivity contribution >= 4 is 5.91 Å². The fourth-order valence-corrected chi connectivity index (χ4v) is 1.24. The Hall–Kier alpha value is -1.84. The first kappa shape index (κ1) is 13.2. The number of hydrogen-bond acceptors (Lipinski definition) is 2. The van der Waals surface area contributed by atoms with Crippen LogP contribution in [0.3, 0.4) is 0 Å². The third-order valence-electron chi connectivity index (χ3n) is 2.18. The summed E-state index contributed by atoms with van der Waals surface area (Å²) in [6.07, 6.45) is 3.18. The zero-order valence-electron chi connectivity index (χ0n) is 10.0. The highest BCUT2D eigenvalue weighted by Crippen LogP contribution is 2.11. The van der Waals surface area contributed by atoms with Gasteiger partial charge >= 0.3 is 0 Å². The number of carbonyl (C=O) groups is 1. The van der Waals surface area contributed by atoms with E-state index in [4.69, 9.17) is 4.74 Å². The van der Waals surface area contributed by atoms with E-state index in [0.29, 0.717) is 18.9 Å². The minimum Gasteiger partial charge on any atom is -0.492 e. The maximum Gasteiger partial charge on any atom is 0.246 e. The summed E-state index contributed by atoms with van der Waals surface area (Å²) >= 11 is 0. The summed E-state index contributed by atoms with van der Waals surface area (Å²) in [6, 6.07) is 5.93. The fraction of sp³-hybridized carbons (Fsp3) is 0.308. The summed E-state index contributed by atoms with van der Waals surface area (Å²) in [5.41, 5.74) is 0. The van der Waals surface area contributed by atoms with Crippen LogP contribution < -0.4 is 4.74 Å². The summed E-state index contributed by atoms with van der Waals surface area (Å²) < 4.78 is 18.2. The van der Waals surface area contributed by atoms with Gasteiger partial charge in [-0.2, -0.15) is 0 Å². The van der Waals surface area contributed by atoms with Gasteiger partial charge in [0.05, 0.1) is 6.54 Å². The van der Waals surface area contributed by atoms with Crippen molar-refractivity contribution in [3.05, 3.63) is 42.2 Å². The van der Waals surface area contributed by atoms with Crippen LogP contribution >= 0.6 is 0 Å². The van der Waals surface area contributed by atoms with Gasteiger partial charge in [-0.05, 0) is 25.1 Å². The Morgan fingerprint density at radius 3 is 2.94 bits per heavy atom. The molecule has 92 valence electrons. The third kappa shape index (κ3) is 4.68. The molecule has 3 nitrogen and oxygen atoms in total. The lowest BCUT2D eigenvalue weighted by atomic mass is 10.3. The lowest BCUT2D eigenvalue weighted by molar-refractivity contribution is -0.125. The number of allylic oxidation sites excluding steroid dienone is 1. The van der Waals surface area contributed by atoms with E-state index < -0.39 is 0 Å². The zero-order chi connectivity index (χ0) is 12.7. The quantitative estimate of drug-likeness (QED) is 0.735. The number of hydrogen-bond donors (Lipinski definition) is 0. The molecule has 0 bridgehead atoms. The first-order valence-electron chi connectivity index (χ1n) is 5.39. The zero-order valence-corrected chi connectivity index (χ0v) is 10.0. The molecule has 0 aliphatic carbocycles. The minimum absolute atomic E-state index is 0.0738. The summed E-state index contributed by atoms with van der Waals surface area (Å²) in [5.74, 6) is 0.0630. The van der Waals surface area contributed by atoms with Crippen LogP contribution in [0.1, 0.15) is 6.92 Å². The second-order valence-corrected chi connectivity index (χ2v) is 3.57. The van der Waals surface area contributed by atoms with E-state index in [9.17, 15) is 9.18 Å². The summed E-state index contributed by atoms with van der Waals surface area (Å²) in [6.45, 7) is 2.58. The largest absolute Gasteiger partial charge is 0.492 e. The maximum atomic E-state index is 12.8. The molecule has 0 radical (unpaired) electrons. The van der Waals surface area contributed by atoms with Gasteiger partial charge in [-0.3, -0.25) is 4.79 Å². The molecule has 4 heteroatoms. The summed E-state index contributed by atoms with van der Waals surface area (Å²) in [5, 5.41) is 0. The number of amides is 1. The lowest BCUT2D eigenvalue weighted by Gasteiger charge is -2.15. The topological polar surface area (TPSA) is 29.5 Å². The number of benzene rings is 1. The van der Waals surface area contributed by atoms with Crippen LogP contribution in [0.25, 0.3) is 0 Å². The first-order chi connectivity index (χ1) is 8.13. The van der Waals surface area contributed by atoms with Crippen molar-refractivity contribution in [3.63, 3.8) is 0 Å². The van der Waals surface area contributed by atoms with Gasteiger partial charge in [-0.15, -0.1) is 0 Å². The van der Waals surface area contributed by atoms with E-state index in [2.05, 4.69) is 0 Å². The molecule has 0 fully saturated rings. The second-order valence-electron chi connectivity index (χ2n) is 3.57. The third-order valence-corrected chi connectivity index (χ3v) is 2.18. The molecular weight excluding hydrogens is 221 g/mol. The van der Waals surface area contributed by atoms with Crippen molar-refractivity contribution < 1.29 is 13.9 Å². The predicted octanol–water partition coefficient (Wildman–Crippen LogP) is 2.24. The van der Waals surface area contributed by atoms with Crippen molar-refractivity contribution in [1.29, 1.82) is 0 Å². The Labute approximate surface area is 100 Å². The van der Waals surface area contributed by atoms with E-state index in [1.54, 1.807) is 37.1 Å². The van der Waals surface area contributed by atoms with Crippen molar-refractivity contribution in [2.24, 2.45) is 0 Å². The molecule has 1 aromatic rings. The molecule has 1 amide bonds. The lowest BCUT2D eigenvalue weighted by Crippen LogP contribution is -2.29. The van der Waals surface area contributed by atoms with E-state index in [1.807, 2.05) is 0 Å². The highest BCUT2D eigenvalue weighted by molar-refractivity contribution is 5.87. The molecule has 0 N–H and O–H groups in total. The standard InChI is InChI=1S/C13H16FNO2/c1-3-5-13(16)15(2)8-9-17-12-7-4-6-11(14)10-12/h3-7,10H,8-9H2,1-2H3. The van der Waals surface area contributed by atoms with Crippen LogP contribution in [0, 0.1) is 5.82 Å². The van der Waals surface area contributed by atoms with Crippen LogP contribution in [-0.2, 0) is 4.79 Å². The van der Waals surface area contributed by atoms with E-state index in [0.717, 1.165) is 0 Å². The van der Waals surface area contributed by atoms with Gasteiger partial charge in [0.25, 0.3) is 0 Å². The smallest absolute Gasteiger partial charge is 0.246 e. The number of carbonyl (C=O) groups excluding carboxylic acids is 1. The molecule has 0 aliphatic heterocycles. The van der Waals surface area contributed by atoms with Gasteiger partial charge in [0.2, 0.25) is 5.91 Å². The second kappa shape index (κ2) is 6.68. The van der Waals surface area contributed by atoms with Gasteiger partial charge in [-0.1, -0.05) is 12.1 Å². The highest BCUT2D eigenvalue weighted by atomic mass is 19.1. The molecule has 0 heterocycles. The van der Waals surface area contributed by atoms with Gasteiger partial charge in [0.15, 0.2) is 0 Å². The molecule has 1 rings (SSSR count). The number of likely N-dealkylation sites (N-methyl/N-ethyl adjacent to an activating group) is 1. The predicted molar refractivity (Wildman–Crippen MR) is 64.3 cm³/mol. The number of halogens is 1. The van der Waals surface area contributed by atoms with Crippen LogP contribution in [0.2, 0.25) is 0 Å². The average Bonchev–Trinajstić information content (AvgIpc) is 2.29. The Morgan fingerprint density at radius 1 is 1.53 bits per heavy atom. The van der Waals surface area contributed by atoms with Crippen molar-refractivity contribution in [3.8, 4) is 5.75 Å². The molecule has 0 aliphatic rings. The maximum absolute atomic E-state index is 12.8. The van der Waals surface area contributed by atoms with E-state index in [-0.39, 0.29) is 11.7 Å². The molecule has 17 heavy (non-hydrogen) atoms. The Kier molecular flexibility index (Phi) is 5.20. The highest BCUT2D eigenvalue weighted by Gasteiger charge is 2.04. The molecule has 0 atom stereocenters. The molecule has 0 unspecified atom stereocenters. The van der Waals surface area contributed by atoms with Gasteiger partial charge in [0, 0.05) is 13.1 Å². The Balaban J connectivity index is 2.35. The first-order valence-corrected chi connectivity index (χ1v) is 5.39. The summed E-state index contributed by atoms with van der Waals surface area (Å²) in [4.78, 5) is 12.9. The number of rotatable bonds is 5. The number of ether oxygens (including phenoxy) is 1. The van der Waals surface area contributed by atoms with Gasteiger partial charge < -0.3 is 9.64 Å². The van der Waals surface area contributed by atoms with Crippen molar-refractivity contribution in [2.75, 3.05) is 20.2 Å². The average molecular weight is 237 g/mol. The van der Waals surface area contributed by atoms with Crippen LogP contribution in [0.4, 0.5) is 4.39 Å². The van der Waals surface area contributed by atoms with E-state index >= 15 is 0 Å². The summed E-state index contributed by atoms with van der Waals surface area (Å²) in [7, 11) is 1.69. The molecule has 0 saturated heterocycles. The Bertz CT molecular complexity index is 404. The van der Waals surface area contributed by atoms with Crippen LogP contribution in [0.5, 0.6) is 5.75 Å². The van der Waals surface area contributed by atoms with Crippen LogP contribution in [-0.4, -0.2) is 31.0 Å². The van der Waals surface area contributed by atoms with Crippen LogP contribution in [0.15, 0.2) is 36.4 Å². The van der Waals surface area contributed by atoms with Crippen molar-refractivity contribution in [2.45, 2.75) is 6.92 Å². The van der Waals surface area contributed by atoms with Gasteiger partial charge in [-0.25, -0.2) is 4.39 Å². The normalized spacial score (nSPS) is 10.5. The SMILES string of the molecule is CC=CC(=O)N(C)CCOc1cccc(F)c1. The van der Waals surface area contributed by atoms with E-state index in [1.165, 1.54) is 18.2 Å². The number of nitrogens with zero attached hydrogens (tertiary/aromatic N) is 1. The minimum atomic E-state index is -0.333. The molecule has 1 aromatic carbocycles. The molecule has 0 saturated carbocycles. The fourth-order valence-electron chi connectivity index (χ4n) is 1.24. The monoisotopic (exact) mass is 237 g/mol. The van der Waals surface area contributed by atoms with Crippen molar-refractivity contribution in [1.82, 2.24) is 4.90 Å². The van der Waals surface area contributed by atoms with Gasteiger partial charge in [0.1, 0.15) is 18.2 Å².